The standard InChI is InChI=1S/C23H22BrClF2N2O4/c1-23(2,3)33-19(30)11-31-17-9-15(14-8-13(25)5-6-16(14)32-22(26)27)21-20(17)28-18-7-4-12(24)10-29(18)21/h4-8,10,15,17,22H,9,11H2,1-3H3/t15-,17-/m1/s1. The van der Waals surface area contributed by atoms with Crippen LogP contribution in [0.1, 0.15) is 56.2 Å². The first-order valence-electron chi connectivity index (χ1n) is 10.3. The van der Waals surface area contributed by atoms with Crippen LogP contribution in [0.25, 0.3) is 5.65 Å². The van der Waals surface area contributed by atoms with E-state index in [4.69, 9.17) is 30.8 Å². The summed E-state index contributed by atoms with van der Waals surface area (Å²) in [7, 11) is 0. The van der Waals surface area contributed by atoms with Gasteiger partial charge in [0.25, 0.3) is 0 Å². The van der Waals surface area contributed by atoms with Crippen LogP contribution in [0.2, 0.25) is 5.02 Å². The highest BCUT2D eigenvalue weighted by molar-refractivity contribution is 9.10. The summed E-state index contributed by atoms with van der Waals surface area (Å²) in [5.41, 5.74) is 1.92. The van der Waals surface area contributed by atoms with E-state index in [2.05, 4.69) is 15.9 Å². The summed E-state index contributed by atoms with van der Waals surface area (Å²) in [6, 6.07) is 8.23. The van der Waals surface area contributed by atoms with Gasteiger partial charge in [0.05, 0.1) is 11.4 Å². The Morgan fingerprint density at radius 2 is 2.06 bits per heavy atom. The summed E-state index contributed by atoms with van der Waals surface area (Å²) in [5, 5.41) is 0.390. The Bertz CT molecular complexity index is 1200. The Balaban J connectivity index is 1.74. The number of alkyl halides is 2. The first-order chi connectivity index (χ1) is 15.5. The molecule has 6 nitrogen and oxygen atoms in total. The number of carbonyl (C=O) groups is 1. The molecule has 2 atom stereocenters. The van der Waals surface area contributed by atoms with E-state index in [9.17, 15) is 13.6 Å². The quantitative estimate of drug-likeness (QED) is 0.342. The number of carbonyl (C=O) groups excluding carboxylic acids is 1. The molecule has 176 valence electrons. The first-order valence-corrected chi connectivity index (χ1v) is 11.4. The van der Waals surface area contributed by atoms with E-state index in [0.29, 0.717) is 28.3 Å². The molecular weight excluding hydrogens is 522 g/mol. The summed E-state index contributed by atoms with van der Waals surface area (Å²) < 4.78 is 44.9. The smallest absolute Gasteiger partial charge is 0.387 e. The predicted molar refractivity (Wildman–Crippen MR) is 122 cm³/mol. The minimum absolute atomic E-state index is 0.0306. The van der Waals surface area contributed by atoms with E-state index in [1.54, 1.807) is 26.8 Å². The molecule has 0 fully saturated rings. The van der Waals surface area contributed by atoms with Crippen LogP contribution in [0.4, 0.5) is 8.78 Å². The van der Waals surface area contributed by atoms with Gasteiger partial charge in [-0.25, -0.2) is 9.78 Å². The molecule has 0 aliphatic heterocycles. The third kappa shape index (κ3) is 5.31. The Labute approximate surface area is 202 Å². The van der Waals surface area contributed by atoms with E-state index >= 15 is 0 Å². The molecule has 1 aliphatic carbocycles. The summed E-state index contributed by atoms with van der Waals surface area (Å²) in [5.74, 6) is -0.869. The van der Waals surface area contributed by atoms with Crippen molar-refractivity contribution in [3.63, 3.8) is 0 Å². The molecule has 4 rings (SSSR count). The normalized spacial score (nSPS) is 18.1. The molecule has 10 heteroatoms. The van der Waals surface area contributed by atoms with Gasteiger partial charge in [-0.3, -0.25) is 0 Å². The molecule has 3 aromatic rings. The molecule has 0 N–H and O–H groups in total. The van der Waals surface area contributed by atoms with Gasteiger partial charge in [-0.2, -0.15) is 8.78 Å². The van der Waals surface area contributed by atoms with Crippen molar-refractivity contribution in [2.75, 3.05) is 6.61 Å². The third-order valence-electron chi connectivity index (χ3n) is 5.12. The van der Waals surface area contributed by atoms with Gasteiger partial charge >= 0.3 is 12.6 Å². The average molecular weight is 544 g/mol. The largest absolute Gasteiger partial charge is 0.458 e. The van der Waals surface area contributed by atoms with Gasteiger partial charge in [0.1, 0.15) is 29.7 Å². The maximum Gasteiger partial charge on any atom is 0.387 e. The number of imidazole rings is 1. The summed E-state index contributed by atoms with van der Waals surface area (Å²) in [4.78, 5) is 16.9. The van der Waals surface area contributed by atoms with E-state index in [1.807, 2.05) is 22.7 Å². The molecule has 2 aromatic heterocycles. The van der Waals surface area contributed by atoms with Crippen molar-refractivity contribution >= 4 is 39.1 Å². The number of hydrogen-bond acceptors (Lipinski definition) is 5. The van der Waals surface area contributed by atoms with Crippen molar-refractivity contribution < 1.29 is 27.8 Å². The fourth-order valence-electron chi connectivity index (χ4n) is 4.03. The van der Waals surface area contributed by atoms with Gasteiger partial charge in [-0.05, 0) is 73.5 Å². The minimum atomic E-state index is -2.98. The van der Waals surface area contributed by atoms with Crippen LogP contribution in [-0.2, 0) is 14.3 Å². The summed E-state index contributed by atoms with van der Waals surface area (Å²) in [6.07, 6.45) is 1.67. The lowest BCUT2D eigenvalue weighted by Crippen LogP contribution is -2.27. The molecule has 2 heterocycles. The Kier molecular flexibility index (Phi) is 6.66. The van der Waals surface area contributed by atoms with Crippen LogP contribution >= 0.6 is 27.5 Å². The summed E-state index contributed by atoms with van der Waals surface area (Å²) in [6.45, 7) is 2.08. The number of hydrogen-bond donors (Lipinski definition) is 0. The highest BCUT2D eigenvalue weighted by atomic mass is 79.9. The number of esters is 1. The second-order valence-corrected chi connectivity index (χ2v) is 10.0. The van der Waals surface area contributed by atoms with Gasteiger partial charge in [-0.1, -0.05) is 11.6 Å². The lowest BCUT2D eigenvalue weighted by atomic mass is 9.95. The van der Waals surface area contributed by atoms with Crippen LogP contribution < -0.4 is 4.74 Å². The SMILES string of the molecule is CC(C)(C)OC(=O)CO[C@@H]1C[C@H](c2cc(Cl)ccc2OC(F)F)c2c1nc1ccc(Br)cn21. The number of fused-ring (bicyclic) bond motifs is 3. The van der Waals surface area contributed by atoms with E-state index in [1.165, 1.54) is 12.1 Å². The van der Waals surface area contributed by atoms with Crippen LogP contribution in [-0.4, -0.2) is 34.2 Å². The molecular formula is C23H22BrClF2N2O4. The van der Waals surface area contributed by atoms with Crippen molar-refractivity contribution in [2.24, 2.45) is 0 Å². The monoisotopic (exact) mass is 542 g/mol. The van der Waals surface area contributed by atoms with E-state index in [-0.39, 0.29) is 12.4 Å². The molecule has 1 aliphatic rings. The number of halogens is 4. The summed E-state index contributed by atoms with van der Waals surface area (Å²) >= 11 is 9.68. The van der Waals surface area contributed by atoms with Crippen molar-refractivity contribution in [1.82, 2.24) is 9.38 Å². The molecule has 0 saturated heterocycles. The maximum atomic E-state index is 13.1. The van der Waals surface area contributed by atoms with Crippen LogP contribution in [0.15, 0.2) is 41.0 Å². The van der Waals surface area contributed by atoms with Gasteiger partial charge in [0.2, 0.25) is 0 Å². The van der Waals surface area contributed by atoms with Crippen LogP contribution in [0.3, 0.4) is 0 Å². The molecule has 0 unspecified atom stereocenters. The van der Waals surface area contributed by atoms with Crippen LogP contribution in [0, 0.1) is 0 Å². The second-order valence-electron chi connectivity index (χ2n) is 8.69. The van der Waals surface area contributed by atoms with Gasteiger partial charge in [0.15, 0.2) is 0 Å². The molecule has 33 heavy (non-hydrogen) atoms. The van der Waals surface area contributed by atoms with Crippen molar-refractivity contribution in [1.29, 1.82) is 0 Å². The predicted octanol–water partition coefficient (Wildman–Crippen LogP) is 6.29. The third-order valence-corrected chi connectivity index (χ3v) is 5.82. The molecule has 0 spiro atoms. The molecule has 0 radical (unpaired) electrons. The molecule has 0 saturated carbocycles. The van der Waals surface area contributed by atoms with Gasteiger partial charge < -0.3 is 18.6 Å². The van der Waals surface area contributed by atoms with Gasteiger partial charge in [0, 0.05) is 27.2 Å². The maximum absolute atomic E-state index is 13.1. The van der Waals surface area contributed by atoms with E-state index in [0.717, 1.165) is 10.2 Å². The zero-order valence-electron chi connectivity index (χ0n) is 18.1. The van der Waals surface area contributed by atoms with Gasteiger partial charge in [-0.15, -0.1) is 0 Å². The van der Waals surface area contributed by atoms with Crippen molar-refractivity contribution in [2.45, 2.75) is 51.4 Å². The minimum Gasteiger partial charge on any atom is -0.458 e. The lowest BCUT2D eigenvalue weighted by Gasteiger charge is -2.21. The average Bonchev–Trinajstić information content (AvgIpc) is 3.23. The topological polar surface area (TPSA) is 62.1 Å². The van der Waals surface area contributed by atoms with E-state index < -0.39 is 30.2 Å². The number of benzene rings is 1. The fraction of sp³-hybridized carbons (Fsp3) is 0.391. The molecule has 0 amide bonds. The number of nitrogens with zero attached hydrogens (tertiary/aromatic N) is 2. The van der Waals surface area contributed by atoms with Crippen molar-refractivity contribution in [3.8, 4) is 5.75 Å². The number of aromatic nitrogens is 2. The Hall–Kier alpha value is -2.23. The Morgan fingerprint density at radius 1 is 1.30 bits per heavy atom. The highest BCUT2D eigenvalue weighted by Gasteiger charge is 2.39. The number of rotatable bonds is 6. The number of pyridine rings is 1. The van der Waals surface area contributed by atoms with Crippen LogP contribution in [0.5, 0.6) is 5.75 Å². The molecule has 0 bridgehead atoms. The fourth-order valence-corrected chi connectivity index (χ4v) is 4.55. The zero-order valence-corrected chi connectivity index (χ0v) is 20.5. The lowest BCUT2D eigenvalue weighted by molar-refractivity contribution is -0.162. The molecule has 1 aromatic carbocycles. The number of ether oxygens (including phenoxy) is 3. The Morgan fingerprint density at radius 3 is 2.76 bits per heavy atom. The second kappa shape index (κ2) is 9.19. The highest BCUT2D eigenvalue weighted by Crippen LogP contribution is 2.49. The van der Waals surface area contributed by atoms with Crippen molar-refractivity contribution in [3.05, 3.63) is 63.0 Å². The first kappa shape index (κ1) is 23.9. The zero-order chi connectivity index (χ0) is 23.9.